The number of hydrogen-bond acceptors (Lipinski definition) is 2. The number of pyridine rings is 1. The van der Waals surface area contributed by atoms with Crippen molar-refractivity contribution in [2.45, 2.75) is 25.1 Å². The average Bonchev–Trinajstić information content (AvgIpc) is 3.11. The minimum absolute atomic E-state index is 0.303. The van der Waals surface area contributed by atoms with Crippen LogP contribution in [0.25, 0.3) is 10.9 Å². The third-order valence-corrected chi connectivity index (χ3v) is 2.94. The standard InChI is InChI=1S/C13H11F3N2/c14-13(15,16)12-7-11(17-8-5-6-8)9-3-1-2-4-10(9)18-12/h1-4,7-8H,5-6H2,(H,17,18). The van der Waals surface area contributed by atoms with Gasteiger partial charge in [0.1, 0.15) is 5.69 Å². The van der Waals surface area contributed by atoms with E-state index in [1.54, 1.807) is 24.3 Å². The van der Waals surface area contributed by atoms with Gasteiger partial charge in [0, 0.05) is 17.1 Å². The second-order valence-electron chi connectivity index (χ2n) is 4.49. The van der Waals surface area contributed by atoms with Crippen molar-refractivity contribution in [3.05, 3.63) is 36.0 Å². The van der Waals surface area contributed by atoms with Gasteiger partial charge in [-0.1, -0.05) is 18.2 Å². The SMILES string of the molecule is FC(F)(F)c1cc(NC2CC2)c2ccccc2n1. The first kappa shape index (κ1) is 11.3. The lowest BCUT2D eigenvalue weighted by Gasteiger charge is -2.12. The molecule has 0 aliphatic heterocycles. The van der Waals surface area contributed by atoms with E-state index in [0.717, 1.165) is 24.3 Å². The summed E-state index contributed by atoms with van der Waals surface area (Å²) in [7, 11) is 0. The smallest absolute Gasteiger partial charge is 0.382 e. The minimum atomic E-state index is -4.41. The molecule has 0 bridgehead atoms. The molecule has 94 valence electrons. The Morgan fingerprint density at radius 3 is 2.56 bits per heavy atom. The zero-order valence-corrected chi connectivity index (χ0v) is 9.46. The summed E-state index contributed by atoms with van der Waals surface area (Å²) in [5, 5.41) is 3.87. The Hall–Kier alpha value is -1.78. The number of fused-ring (bicyclic) bond motifs is 1. The Labute approximate surface area is 102 Å². The maximum Gasteiger partial charge on any atom is 0.433 e. The van der Waals surface area contributed by atoms with E-state index in [1.165, 1.54) is 0 Å². The lowest BCUT2D eigenvalue weighted by atomic mass is 10.1. The molecule has 3 rings (SSSR count). The molecule has 18 heavy (non-hydrogen) atoms. The number of alkyl halides is 3. The van der Waals surface area contributed by atoms with Crippen LogP contribution in [-0.2, 0) is 6.18 Å². The van der Waals surface area contributed by atoms with Gasteiger partial charge in [-0.05, 0) is 25.0 Å². The van der Waals surface area contributed by atoms with E-state index in [0.29, 0.717) is 17.2 Å². The summed E-state index contributed by atoms with van der Waals surface area (Å²) in [6.07, 6.45) is -2.39. The summed E-state index contributed by atoms with van der Waals surface area (Å²) in [5.41, 5.74) is 0.0512. The van der Waals surface area contributed by atoms with Gasteiger partial charge in [-0.3, -0.25) is 0 Å². The van der Waals surface area contributed by atoms with Crippen LogP contribution >= 0.6 is 0 Å². The summed E-state index contributed by atoms with van der Waals surface area (Å²) in [5.74, 6) is 0. The molecule has 1 saturated carbocycles. The van der Waals surface area contributed by atoms with Crippen molar-refractivity contribution in [1.29, 1.82) is 0 Å². The van der Waals surface area contributed by atoms with Crippen LogP contribution < -0.4 is 5.32 Å². The fourth-order valence-electron chi connectivity index (χ4n) is 1.89. The molecule has 2 aromatic rings. The van der Waals surface area contributed by atoms with Crippen LogP contribution in [0.1, 0.15) is 18.5 Å². The average molecular weight is 252 g/mol. The highest BCUT2D eigenvalue weighted by Gasteiger charge is 2.34. The number of nitrogens with one attached hydrogen (secondary N) is 1. The molecule has 1 fully saturated rings. The second kappa shape index (κ2) is 3.86. The molecule has 0 amide bonds. The van der Waals surface area contributed by atoms with E-state index in [-0.39, 0.29) is 0 Å². The van der Waals surface area contributed by atoms with Gasteiger partial charge in [-0.15, -0.1) is 0 Å². The third kappa shape index (κ3) is 2.12. The molecular formula is C13H11F3N2. The summed E-state index contributed by atoms with van der Waals surface area (Å²) in [6, 6.07) is 8.28. The first-order chi connectivity index (χ1) is 8.54. The van der Waals surface area contributed by atoms with Crippen molar-refractivity contribution in [3.8, 4) is 0 Å². The van der Waals surface area contributed by atoms with Crippen molar-refractivity contribution in [2.24, 2.45) is 0 Å². The lowest BCUT2D eigenvalue weighted by molar-refractivity contribution is -0.140. The highest BCUT2D eigenvalue weighted by Crippen LogP contribution is 2.35. The normalized spacial score (nSPS) is 15.9. The van der Waals surface area contributed by atoms with Crippen LogP contribution in [0, 0.1) is 0 Å². The van der Waals surface area contributed by atoms with Gasteiger partial charge in [0.2, 0.25) is 0 Å². The largest absolute Gasteiger partial charge is 0.433 e. The number of para-hydroxylation sites is 1. The molecule has 1 aromatic carbocycles. The van der Waals surface area contributed by atoms with Gasteiger partial charge < -0.3 is 5.32 Å². The molecule has 0 saturated heterocycles. The summed E-state index contributed by atoms with van der Waals surface area (Å²) in [6.45, 7) is 0. The highest BCUT2D eigenvalue weighted by molar-refractivity contribution is 5.91. The van der Waals surface area contributed by atoms with Gasteiger partial charge in [-0.2, -0.15) is 13.2 Å². The van der Waals surface area contributed by atoms with E-state index in [4.69, 9.17) is 0 Å². The molecular weight excluding hydrogens is 241 g/mol. The van der Waals surface area contributed by atoms with Crippen molar-refractivity contribution in [2.75, 3.05) is 5.32 Å². The second-order valence-corrected chi connectivity index (χ2v) is 4.49. The Morgan fingerprint density at radius 1 is 1.17 bits per heavy atom. The number of hydrogen-bond donors (Lipinski definition) is 1. The number of anilines is 1. The number of rotatable bonds is 2. The Morgan fingerprint density at radius 2 is 1.89 bits per heavy atom. The van der Waals surface area contributed by atoms with Crippen LogP contribution in [0.3, 0.4) is 0 Å². The zero-order valence-electron chi connectivity index (χ0n) is 9.46. The van der Waals surface area contributed by atoms with E-state index < -0.39 is 11.9 Å². The minimum Gasteiger partial charge on any atom is -0.382 e. The van der Waals surface area contributed by atoms with E-state index in [1.807, 2.05) is 0 Å². The first-order valence-electron chi connectivity index (χ1n) is 5.77. The monoisotopic (exact) mass is 252 g/mol. The quantitative estimate of drug-likeness (QED) is 0.878. The maximum atomic E-state index is 12.8. The third-order valence-electron chi connectivity index (χ3n) is 2.94. The number of halogens is 3. The zero-order chi connectivity index (χ0) is 12.8. The molecule has 0 atom stereocenters. The Balaban J connectivity index is 2.16. The van der Waals surface area contributed by atoms with Gasteiger partial charge in [0.05, 0.1) is 5.52 Å². The first-order valence-corrected chi connectivity index (χ1v) is 5.77. The van der Waals surface area contributed by atoms with Crippen molar-refractivity contribution in [1.82, 2.24) is 4.98 Å². The number of nitrogens with zero attached hydrogens (tertiary/aromatic N) is 1. The van der Waals surface area contributed by atoms with Gasteiger partial charge in [0.25, 0.3) is 0 Å². The molecule has 0 spiro atoms. The van der Waals surface area contributed by atoms with Gasteiger partial charge in [-0.25, -0.2) is 4.98 Å². The highest BCUT2D eigenvalue weighted by atomic mass is 19.4. The van der Waals surface area contributed by atoms with Crippen LogP contribution in [0.2, 0.25) is 0 Å². The van der Waals surface area contributed by atoms with E-state index in [9.17, 15) is 13.2 Å². The predicted octanol–water partition coefficient (Wildman–Crippen LogP) is 3.83. The van der Waals surface area contributed by atoms with Crippen LogP contribution in [0.5, 0.6) is 0 Å². The van der Waals surface area contributed by atoms with Crippen LogP contribution in [0.15, 0.2) is 30.3 Å². The summed E-state index contributed by atoms with van der Waals surface area (Å²) in [4.78, 5) is 3.67. The van der Waals surface area contributed by atoms with E-state index >= 15 is 0 Å². The van der Waals surface area contributed by atoms with Crippen molar-refractivity contribution >= 4 is 16.6 Å². The van der Waals surface area contributed by atoms with E-state index in [2.05, 4.69) is 10.3 Å². The molecule has 1 aliphatic rings. The summed E-state index contributed by atoms with van der Waals surface area (Å²) < 4.78 is 38.3. The van der Waals surface area contributed by atoms with Crippen LogP contribution in [0.4, 0.5) is 18.9 Å². The summed E-state index contributed by atoms with van der Waals surface area (Å²) >= 11 is 0. The molecule has 1 N–H and O–H groups in total. The molecule has 0 radical (unpaired) electrons. The predicted molar refractivity (Wildman–Crippen MR) is 63.4 cm³/mol. The maximum absolute atomic E-state index is 12.8. The molecule has 1 aliphatic carbocycles. The Bertz CT molecular complexity index is 588. The molecule has 2 nitrogen and oxygen atoms in total. The van der Waals surface area contributed by atoms with Crippen molar-refractivity contribution in [3.63, 3.8) is 0 Å². The van der Waals surface area contributed by atoms with Gasteiger partial charge in [0.15, 0.2) is 0 Å². The molecule has 1 aromatic heterocycles. The van der Waals surface area contributed by atoms with Crippen molar-refractivity contribution < 1.29 is 13.2 Å². The molecule has 5 heteroatoms. The fraction of sp³-hybridized carbons (Fsp3) is 0.308. The van der Waals surface area contributed by atoms with Crippen LogP contribution in [-0.4, -0.2) is 11.0 Å². The lowest BCUT2D eigenvalue weighted by Crippen LogP contribution is -2.10. The Kier molecular flexibility index (Phi) is 2.43. The number of benzene rings is 1. The number of aromatic nitrogens is 1. The van der Waals surface area contributed by atoms with Gasteiger partial charge >= 0.3 is 6.18 Å². The topological polar surface area (TPSA) is 24.9 Å². The molecule has 1 heterocycles. The molecule has 0 unspecified atom stereocenters. The fourth-order valence-corrected chi connectivity index (χ4v) is 1.89.